The Bertz CT molecular complexity index is 1090. The first-order valence-electron chi connectivity index (χ1n) is 11.1. The Balaban J connectivity index is 1.29. The van der Waals surface area contributed by atoms with E-state index in [1.165, 1.54) is 7.11 Å². The molecule has 1 saturated heterocycles. The lowest BCUT2D eigenvalue weighted by Gasteiger charge is -2.31. The number of anilines is 1. The summed E-state index contributed by atoms with van der Waals surface area (Å²) in [6.07, 6.45) is 0.990. The van der Waals surface area contributed by atoms with Crippen LogP contribution in [0.3, 0.4) is 0 Å². The normalized spacial score (nSPS) is 14.5. The summed E-state index contributed by atoms with van der Waals surface area (Å²) in [5.41, 5.74) is 4.35. The van der Waals surface area contributed by atoms with Gasteiger partial charge in [0, 0.05) is 25.2 Å². The van der Waals surface area contributed by atoms with Crippen molar-refractivity contribution >= 4 is 17.7 Å². The number of amides is 1. The molecule has 1 fully saturated rings. The van der Waals surface area contributed by atoms with Crippen molar-refractivity contribution in [1.82, 2.24) is 4.90 Å². The molecule has 0 aliphatic carbocycles. The number of para-hydroxylation sites is 1. The van der Waals surface area contributed by atoms with Crippen LogP contribution in [0.25, 0.3) is 11.1 Å². The van der Waals surface area contributed by atoms with Crippen LogP contribution in [0, 0.1) is 0 Å². The first kappa shape index (κ1) is 22.6. The first-order chi connectivity index (χ1) is 16.1. The molecule has 0 radical (unpaired) electrons. The Kier molecular flexibility index (Phi) is 7.37. The maximum absolute atomic E-state index is 12.6. The number of rotatable bonds is 6. The van der Waals surface area contributed by atoms with E-state index in [4.69, 9.17) is 9.47 Å². The lowest BCUT2D eigenvalue weighted by molar-refractivity contribution is 0.0567. The van der Waals surface area contributed by atoms with Gasteiger partial charge < -0.3 is 9.47 Å². The summed E-state index contributed by atoms with van der Waals surface area (Å²) in [6.45, 7) is 2.39. The minimum Gasteiger partial charge on any atom is -0.465 e. The zero-order valence-corrected chi connectivity index (χ0v) is 18.7. The third kappa shape index (κ3) is 5.99. The Morgan fingerprint density at radius 1 is 0.939 bits per heavy atom. The predicted molar refractivity (Wildman–Crippen MR) is 128 cm³/mol. The summed E-state index contributed by atoms with van der Waals surface area (Å²) in [4.78, 5) is 26.6. The number of carbonyl (C=O) groups excluding carboxylic acids is 2. The highest BCUT2D eigenvalue weighted by Gasteiger charge is 2.23. The third-order valence-corrected chi connectivity index (χ3v) is 5.81. The smallest absolute Gasteiger partial charge is 0.411 e. The molecule has 1 aliphatic heterocycles. The number of methoxy groups -OCH3 is 1. The average molecular weight is 445 g/mol. The number of esters is 1. The second-order valence-electron chi connectivity index (χ2n) is 8.11. The number of ether oxygens (including phenoxy) is 2. The molecular weight excluding hydrogens is 416 g/mol. The highest BCUT2D eigenvalue weighted by Crippen LogP contribution is 2.28. The van der Waals surface area contributed by atoms with Gasteiger partial charge in [-0.3, -0.25) is 10.2 Å². The van der Waals surface area contributed by atoms with E-state index in [2.05, 4.69) is 10.2 Å². The van der Waals surface area contributed by atoms with E-state index >= 15 is 0 Å². The van der Waals surface area contributed by atoms with E-state index in [0.717, 1.165) is 54.9 Å². The quantitative estimate of drug-likeness (QED) is 0.519. The highest BCUT2D eigenvalue weighted by molar-refractivity contribution is 5.91. The molecule has 1 amide bonds. The molecule has 0 aromatic heterocycles. The van der Waals surface area contributed by atoms with E-state index in [1.807, 2.05) is 72.8 Å². The van der Waals surface area contributed by atoms with E-state index in [0.29, 0.717) is 5.56 Å². The zero-order valence-electron chi connectivity index (χ0n) is 18.7. The van der Waals surface area contributed by atoms with Crippen LogP contribution in [0.4, 0.5) is 10.5 Å². The standard InChI is InChI=1S/C27H28N2O4/c1-32-26(30)22-11-7-8-20(18-22)19-29-16-14-23(15-17-29)33-27(31)28-25-13-6-5-12-24(25)21-9-3-2-4-10-21/h2-13,18,23H,14-17,19H2,1H3,(H,28,31). The van der Waals surface area contributed by atoms with Crippen molar-refractivity contribution in [2.45, 2.75) is 25.5 Å². The number of piperidine rings is 1. The topological polar surface area (TPSA) is 67.9 Å². The molecule has 6 heteroatoms. The number of hydrogen-bond donors (Lipinski definition) is 1. The molecule has 0 bridgehead atoms. The van der Waals surface area contributed by atoms with Gasteiger partial charge in [-0.15, -0.1) is 0 Å². The molecule has 6 nitrogen and oxygen atoms in total. The van der Waals surface area contributed by atoms with Crippen LogP contribution < -0.4 is 5.32 Å². The van der Waals surface area contributed by atoms with Crippen molar-refractivity contribution < 1.29 is 19.1 Å². The van der Waals surface area contributed by atoms with Crippen molar-refractivity contribution in [2.75, 3.05) is 25.5 Å². The van der Waals surface area contributed by atoms with Crippen molar-refractivity contribution in [3.05, 3.63) is 90.0 Å². The van der Waals surface area contributed by atoms with Gasteiger partial charge in [0.15, 0.2) is 0 Å². The molecule has 3 aromatic rings. The van der Waals surface area contributed by atoms with Crippen LogP contribution in [-0.2, 0) is 16.0 Å². The maximum Gasteiger partial charge on any atom is 0.411 e. The summed E-state index contributed by atoms with van der Waals surface area (Å²) in [7, 11) is 1.39. The predicted octanol–water partition coefficient (Wildman–Crippen LogP) is 5.35. The molecule has 170 valence electrons. The monoisotopic (exact) mass is 444 g/mol. The second kappa shape index (κ2) is 10.8. The zero-order chi connectivity index (χ0) is 23.0. The molecular formula is C27H28N2O4. The Hall–Kier alpha value is -3.64. The van der Waals surface area contributed by atoms with Crippen LogP contribution >= 0.6 is 0 Å². The number of benzene rings is 3. The minimum atomic E-state index is -0.428. The number of nitrogens with zero attached hydrogens (tertiary/aromatic N) is 1. The van der Waals surface area contributed by atoms with Crippen molar-refractivity contribution in [1.29, 1.82) is 0 Å². The molecule has 33 heavy (non-hydrogen) atoms. The Morgan fingerprint density at radius 3 is 2.42 bits per heavy atom. The number of likely N-dealkylation sites (tertiary alicyclic amines) is 1. The van der Waals surface area contributed by atoms with Crippen LogP contribution in [-0.4, -0.2) is 43.3 Å². The molecule has 0 saturated carbocycles. The van der Waals surface area contributed by atoms with Crippen LogP contribution in [0.5, 0.6) is 0 Å². The van der Waals surface area contributed by atoms with Crippen molar-refractivity contribution in [2.24, 2.45) is 0 Å². The third-order valence-electron chi connectivity index (χ3n) is 5.81. The summed E-state index contributed by atoms with van der Waals surface area (Å²) in [6, 6.07) is 25.2. The fraction of sp³-hybridized carbons (Fsp3) is 0.259. The lowest BCUT2D eigenvalue weighted by Crippen LogP contribution is -2.38. The van der Waals surface area contributed by atoms with Gasteiger partial charge >= 0.3 is 12.1 Å². The Labute approximate surface area is 194 Å². The van der Waals surface area contributed by atoms with E-state index < -0.39 is 6.09 Å². The van der Waals surface area contributed by atoms with Gasteiger partial charge in [0.25, 0.3) is 0 Å². The molecule has 1 aliphatic rings. The van der Waals surface area contributed by atoms with E-state index in [1.54, 1.807) is 6.07 Å². The summed E-state index contributed by atoms with van der Waals surface area (Å²) in [5.74, 6) is -0.330. The maximum atomic E-state index is 12.6. The number of hydrogen-bond acceptors (Lipinski definition) is 5. The van der Waals surface area contributed by atoms with Gasteiger partial charge in [0.1, 0.15) is 6.10 Å². The summed E-state index contributed by atoms with van der Waals surface area (Å²) in [5, 5.41) is 2.91. The van der Waals surface area contributed by atoms with Crippen LogP contribution in [0.15, 0.2) is 78.9 Å². The molecule has 0 unspecified atom stereocenters. The van der Waals surface area contributed by atoms with Crippen LogP contribution in [0.1, 0.15) is 28.8 Å². The highest BCUT2D eigenvalue weighted by atomic mass is 16.6. The fourth-order valence-electron chi connectivity index (χ4n) is 4.11. The SMILES string of the molecule is COC(=O)c1cccc(CN2CCC(OC(=O)Nc3ccccc3-c3ccccc3)CC2)c1. The van der Waals surface area contributed by atoms with E-state index in [-0.39, 0.29) is 12.1 Å². The van der Waals surface area contributed by atoms with Gasteiger partial charge in [0.2, 0.25) is 0 Å². The minimum absolute atomic E-state index is 0.119. The number of nitrogens with one attached hydrogen (secondary N) is 1. The Morgan fingerprint density at radius 2 is 1.67 bits per heavy atom. The fourth-order valence-corrected chi connectivity index (χ4v) is 4.11. The lowest BCUT2D eigenvalue weighted by atomic mass is 10.0. The van der Waals surface area contributed by atoms with Crippen molar-refractivity contribution in [3.63, 3.8) is 0 Å². The molecule has 1 N–H and O–H groups in total. The molecule has 4 rings (SSSR count). The largest absolute Gasteiger partial charge is 0.465 e. The molecule has 0 spiro atoms. The van der Waals surface area contributed by atoms with Crippen LogP contribution in [0.2, 0.25) is 0 Å². The second-order valence-corrected chi connectivity index (χ2v) is 8.11. The summed E-state index contributed by atoms with van der Waals surface area (Å²) >= 11 is 0. The van der Waals surface area contributed by atoms with Gasteiger partial charge in [-0.05, 0) is 42.2 Å². The molecule has 0 atom stereocenters. The van der Waals surface area contributed by atoms with Crippen molar-refractivity contribution in [3.8, 4) is 11.1 Å². The molecule has 3 aromatic carbocycles. The van der Waals surface area contributed by atoms with Gasteiger partial charge in [-0.2, -0.15) is 0 Å². The van der Waals surface area contributed by atoms with E-state index in [9.17, 15) is 9.59 Å². The van der Waals surface area contributed by atoms with Gasteiger partial charge in [0.05, 0.1) is 18.4 Å². The first-order valence-corrected chi connectivity index (χ1v) is 11.1. The van der Waals surface area contributed by atoms with Gasteiger partial charge in [-0.25, -0.2) is 9.59 Å². The summed E-state index contributed by atoms with van der Waals surface area (Å²) < 4.78 is 10.5. The molecule has 1 heterocycles. The average Bonchev–Trinajstić information content (AvgIpc) is 2.86. The number of carbonyl (C=O) groups is 2. The van der Waals surface area contributed by atoms with Gasteiger partial charge in [-0.1, -0.05) is 60.7 Å².